The van der Waals surface area contributed by atoms with Crippen LogP contribution in [0.1, 0.15) is 19.4 Å². The van der Waals surface area contributed by atoms with Gasteiger partial charge in [-0.25, -0.2) is 0 Å². The number of rotatable bonds is 4. The lowest BCUT2D eigenvalue weighted by atomic mass is 10.1. The minimum Gasteiger partial charge on any atom is -0.480 e. The van der Waals surface area contributed by atoms with Crippen molar-refractivity contribution in [2.45, 2.75) is 25.9 Å². The van der Waals surface area contributed by atoms with Crippen LogP contribution in [0.15, 0.2) is 24.3 Å². The Balaban J connectivity index is 2.57. The topological polar surface area (TPSA) is 49.3 Å². The summed E-state index contributed by atoms with van der Waals surface area (Å²) in [7, 11) is 0. The minimum absolute atomic E-state index is 0.510. The number of carboxylic acids is 1. The summed E-state index contributed by atoms with van der Waals surface area (Å²) in [5.74, 6) is -0.864. The molecule has 3 nitrogen and oxygen atoms in total. The molecule has 4 heteroatoms. The van der Waals surface area contributed by atoms with E-state index in [2.05, 4.69) is 5.32 Å². The molecule has 0 fully saturated rings. The molecule has 1 rings (SSSR count). The zero-order chi connectivity index (χ0) is 11.5. The first-order chi connectivity index (χ1) is 6.92. The van der Waals surface area contributed by atoms with Gasteiger partial charge in [0.25, 0.3) is 0 Å². The molecule has 0 aliphatic rings. The molecule has 0 saturated heterocycles. The monoisotopic (exact) mass is 227 g/mol. The summed E-state index contributed by atoms with van der Waals surface area (Å²) in [5, 5.41) is 12.5. The number of aliphatic carboxylic acids is 1. The fourth-order valence-electron chi connectivity index (χ4n) is 1.00. The molecular weight excluding hydrogens is 214 g/mol. The van der Waals surface area contributed by atoms with Crippen LogP contribution in [0.3, 0.4) is 0 Å². The van der Waals surface area contributed by atoms with Gasteiger partial charge < -0.3 is 5.11 Å². The Morgan fingerprint density at radius 3 is 2.40 bits per heavy atom. The Kier molecular flexibility index (Phi) is 3.72. The number of hydrogen-bond donors (Lipinski definition) is 2. The summed E-state index contributed by atoms with van der Waals surface area (Å²) in [4.78, 5) is 10.8. The van der Waals surface area contributed by atoms with E-state index in [0.717, 1.165) is 5.56 Å². The summed E-state index contributed by atoms with van der Waals surface area (Å²) >= 11 is 5.74. The molecule has 0 heterocycles. The molecule has 0 radical (unpaired) electrons. The molecule has 15 heavy (non-hydrogen) atoms. The van der Waals surface area contributed by atoms with E-state index in [1.165, 1.54) is 0 Å². The summed E-state index contributed by atoms with van der Waals surface area (Å²) in [6.07, 6.45) is 0. The first kappa shape index (κ1) is 12.0. The van der Waals surface area contributed by atoms with E-state index in [0.29, 0.717) is 11.6 Å². The third-order valence-electron chi connectivity index (χ3n) is 2.18. The lowest BCUT2D eigenvalue weighted by Gasteiger charge is -2.20. The van der Waals surface area contributed by atoms with Crippen LogP contribution in [0, 0.1) is 0 Å². The zero-order valence-electron chi connectivity index (χ0n) is 8.75. The Morgan fingerprint density at radius 2 is 1.93 bits per heavy atom. The molecule has 0 spiro atoms. The summed E-state index contributed by atoms with van der Waals surface area (Å²) in [6.45, 7) is 3.77. The Bertz CT molecular complexity index is 346. The standard InChI is InChI=1S/C11H14ClNO2/c1-11(2,10(14)15)13-7-8-3-5-9(12)6-4-8/h3-6,13H,7H2,1-2H3,(H,14,15). The maximum atomic E-state index is 10.8. The quantitative estimate of drug-likeness (QED) is 0.830. The Morgan fingerprint density at radius 1 is 1.40 bits per heavy atom. The van der Waals surface area contributed by atoms with Crippen molar-refractivity contribution in [2.24, 2.45) is 0 Å². The average Bonchev–Trinajstić information content (AvgIpc) is 2.17. The van der Waals surface area contributed by atoms with Crippen molar-refractivity contribution in [1.82, 2.24) is 5.32 Å². The molecule has 1 aromatic carbocycles. The van der Waals surface area contributed by atoms with Crippen molar-refractivity contribution >= 4 is 17.6 Å². The number of hydrogen-bond acceptors (Lipinski definition) is 2. The predicted molar refractivity (Wildman–Crippen MR) is 60.0 cm³/mol. The number of nitrogens with one attached hydrogen (secondary N) is 1. The van der Waals surface area contributed by atoms with Crippen molar-refractivity contribution in [2.75, 3.05) is 0 Å². The summed E-state index contributed by atoms with van der Waals surface area (Å²) in [5.41, 5.74) is 0.0911. The van der Waals surface area contributed by atoms with Crippen molar-refractivity contribution in [1.29, 1.82) is 0 Å². The third-order valence-corrected chi connectivity index (χ3v) is 2.43. The van der Waals surface area contributed by atoms with Gasteiger partial charge in [0, 0.05) is 11.6 Å². The fraction of sp³-hybridized carbons (Fsp3) is 0.364. The van der Waals surface area contributed by atoms with Crippen LogP contribution in [-0.4, -0.2) is 16.6 Å². The van der Waals surface area contributed by atoms with Crippen LogP contribution in [0.25, 0.3) is 0 Å². The second-order valence-corrected chi connectivity index (χ2v) is 4.35. The summed E-state index contributed by atoms with van der Waals surface area (Å²) < 4.78 is 0. The van der Waals surface area contributed by atoms with E-state index in [9.17, 15) is 4.79 Å². The Hall–Kier alpha value is -1.06. The molecule has 0 saturated carbocycles. The minimum atomic E-state index is -0.917. The van der Waals surface area contributed by atoms with Gasteiger partial charge in [-0.15, -0.1) is 0 Å². The van der Waals surface area contributed by atoms with Crippen LogP contribution >= 0.6 is 11.6 Å². The van der Waals surface area contributed by atoms with Gasteiger partial charge in [-0.1, -0.05) is 23.7 Å². The van der Waals surface area contributed by atoms with Crippen LogP contribution in [-0.2, 0) is 11.3 Å². The van der Waals surface area contributed by atoms with Gasteiger partial charge >= 0.3 is 5.97 Å². The molecule has 1 aromatic rings. The molecular formula is C11H14ClNO2. The fourth-order valence-corrected chi connectivity index (χ4v) is 1.13. The third kappa shape index (κ3) is 3.53. The van der Waals surface area contributed by atoms with Gasteiger partial charge in [0.15, 0.2) is 0 Å². The van der Waals surface area contributed by atoms with Crippen molar-refractivity contribution in [3.63, 3.8) is 0 Å². The highest BCUT2D eigenvalue weighted by molar-refractivity contribution is 6.30. The molecule has 0 aromatic heterocycles. The number of halogens is 1. The van der Waals surface area contributed by atoms with Gasteiger partial charge in [-0.05, 0) is 31.5 Å². The number of benzene rings is 1. The molecule has 0 aliphatic carbocycles. The van der Waals surface area contributed by atoms with Gasteiger partial charge in [0.05, 0.1) is 0 Å². The largest absolute Gasteiger partial charge is 0.480 e. The molecule has 0 amide bonds. The maximum absolute atomic E-state index is 10.8. The lowest BCUT2D eigenvalue weighted by Crippen LogP contribution is -2.46. The van der Waals surface area contributed by atoms with E-state index in [4.69, 9.17) is 16.7 Å². The zero-order valence-corrected chi connectivity index (χ0v) is 9.51. The van der Waals surface area contributed by atoms with Crippen LogP contribution in [0.5, 0.6) is 0 Å². The molecule has 0 atom stereocenters. The van der Waals surface area contributed by atoms with E-state index in [1.807, 2.05) is 12.1 Å². The second kappa shape index (κ2) is 4.64. The molecule has 0 aliphatic heterocycles. The van der Waals surface area contributed by atoms with Crippen molar-refractivity contribution < 1.29 is 9.90 Å². The highest BCUT2D eigenvalue weighted by atomic mass is 35.5. The van der Waals surface area contributed by atoms with Gasteiger partial charge in [0.1, 0.15) is 5.54 Å². The first-order valence-electron chi connectivity index (χ1n) is 4.65. The highest BCUT2D eigenvalue weighted by Crippen LogP contribution is 2.10. The molecule has 82 valence electrons. The van der Waals surface area contributed by atoms with E-state index < -0.39 is 11.5 Å². The normalized spacial score (nSPS) is 11.4. The molecule has 2 N–H and O–H groups in total. The smallest absolute Gasteiger partial charge is 0.323 e. The van der Waals surface area contributed by atoms with E-state index in [-0.39, 0.29) is 0 Å². The lowest BCUT2D eigenvalue weighted by molar-refractivity contribution is -0.143. The van der Waals surface area contributed by atoms with Gasteiger partial charge in [0.2, 0.25) is 0 Å². The van der Waals surface area contributed by atoms with Gasteiger partial charge in [-0.3, -0.25) is 10.1 Å². The van der Waals surface area contributed by atoms with E-state index in [1.54, 1.807) is 26.0 Å². The van der Waals surface area contributed by atoms with Crippen LogP contribution in [0.2, 0.25) is 5.02 Å². The molecule has 0 unspecified atom stereocenters. The van der Waals surface area contributed by atoms with Crippen LogP contribution < -0.4 is 5.32 Å². The maximum Gasteiger partial charge on any atom is 0.323 e. The average molecular weight is 228 g/mol. The van der Waals surface area contributed by atoms with Crippen molar-refractivity contribution in [3.8, 4) is 0 Å². The highest BCUT2D eigenvalue weighted by Gasteiger charge is 2.25. The van der Waals surface area contributed by atoms with E-state index >= 15 is 0 Å². The Labute approximate surface area is 94.1 Å². The first-order valence-corrected chi connectivity index (χ1v) is 5.02. The second-order valence-electron chi connectivity index (χ2n) is 3.91. The van der Waals surface area contributed by atoms with Crippen LogP contribution in [0.4, 0.5) is 0 Å². The summed E-state index contributed by atoms with van der Waals surface area (Å²) in [6, 6.07) is 7.30. The van der Waals surface area contributed by atoms with Gasteiger partial charge in [-0.2, -0.15) is 0 Å². The molecule has 0 bridgehead atoms. The van der Waals surface area contributed by atoms with Crippen molar-refractivity contribution in [3.05, 3.63) is 34.9 Å². The number of carbonyl (C=O) groups is 1. The SMILES string of the molecule is CC(C)(NCc1ccc(Cl)cc1)C(=O)O. The predicted octanol–water partition coefficient (Wildman–Crippen LogP) is 2.29. The number of carboxylic acid groups (broad SMARTS) is 1.